The lowest BCUT2D eigenvalue weighted by Crippen LogP contribution is -2.54. The Morgan fingerprint density at radius 1 is 1.16 bits per heavy atom. The van der Waals surface area contributed by atoms with Crippen LogP contribution in [-0.2, 0) is 14.6 Å². The van der Waals surface area contributed by atoms with Crippen LogP contribution in [0.5, 0.6) is 0 Å². The van der Waals surface area contributed by atoms with Gasteiger partial charge in [-0.2, -0.15) is 19.1 Å². The van der Waals surface area contributed by atoms with Crippen molar-refractivity contribution >= 4 is 27.2 Å². The van der Waals surface area contributed by atoms with Crippen LogP contribution in [0.3, 0.4) is 0 Å². The van der Waals surface area contributed by atoms with Crippen molar-refractivity contribution in [3.8, 4) is 6.07 Å². The second kappa shape index (κ2) is 11.5. The van der Waals surface area contributed by atoms with Crippen molar-refractivity contribution < 1.29 is 26.7 Å². The molecular formula is C24H30F2N6O4S. The minimum absolute atomic E-state index is 0.184. The summed E-state index contributed by atoms with van der Waals surface area (Å²) in [7, 11) is -4.70. The predicted molar refractivity (Wildman–Crippen MR) is 131 cm³/mol. The van der Waals surface area contributed by atoms with Crippen molar-refractivity contribution in [1.82, 2.24) is 20.8 Å². The fourth-order valence-electron chi connectivity index (χ4n) is 4.87. The zero-order chi connectivity index (χ0) is 26.5. The summed E-state index contributed by atoms with van der Waals surface area (Å²) >= 11 is 0. The zero-order valence-electron chi connectivity index (χ0n) is 20.2. The summed E-state index contributed by atoms with van der Waals surface area (Å²) in [5, 5.41) is 25.8. The number of hydrogen-bond acceptors (Lipinski definition) is 8. The molecule has 2 aliphatic rings. The molecule has 0 radical (unpaired) electrons. The Morgan fingerprint density at radius 2 is 1.81 bits per heavy atom. The summed E-state index contributed by atoms with van der Waals surface area (Å²) in [5.41, 5.74) is -0.0793. The Bertz CT molecular complexity index is 1210. The summed E-state index contributed by atoms with van der Waals surface area (Å²) in [6.07, 6.45) is 6.57. The van der Waals surface area contributed by atoms with Crippen molar-refractivity contribution in [3.63, 3.8) is 0 Å². The van der Waals surface area contributed by atoms with Crippen molar-refractivity contribution in [1.29, 1.82) is 5.26 Å². The molecule has 10 nitrogen and oxygen atoms in total. The van der Waals surface area contributed by atoms with Crippen molar-refractivity contribution in [2.45, 2.75) is 73.2 Å². The monoisotopic (exact) mass is 536 g/mol. The van der Waals surface area contributed by atoms with E-state index in [2.05, 4.69) is 32.2 Å². The summed E-state index contributed by atoms with van der Waals surface area (Å²) in [6.45, 7) is 1.53. The fraction of sp³-hybridized carbons (Fsp3) is 0.542. The van der Waals surface area contributed by atoms with Crippen LogP contribution in [0, 0.1) is 11.3 Å². The number of anilines is 2. The average molecular weight is 537 g/mol. The highest BCUT2D eigenvalue weighted by atomic mass is 32.2. The second-order valence-electron chi connectivity index (χ2n) is 9.50. The Kier molecular flexibility index (Phi) is 8.41. The molecule has 2 heterocycles. The van der Waals surface area contributed by atoms with Crippen LogP contribution >= 0.6 is 0 Å². The minimum atomic E-state index is -4.70. The van der Waals surface area contributed by atoms with E-state index in [0.717, 1.165) is 51.0 Å². The fourth-order valence-corrected chi connectivity index (χ4v) is 5.59. The third kappa shape index (κ3) is 6.44. The van der Waals surface area contributed by atoms with Gasteiger partial charge in [0.2, 0.25) is 9.84 Å². The number of hydrogen-bond donors (Lipinski definition) is 4. The molecule has 1 saturated heterocycles. The van der Waals surface area contributed by atoms with E-state index in [4.69, 9.17) is 4.74 Å². The number of amides is 1. The van der Waals surface area contributed by atoms with Crippen LogP contribution in [0.25, 0.3) is 0 Å². The quantitative estimate of drug-likeness (QED) is 0.382. The highest BCUT2D eigenvalue weighted by molar-refractivity contribution is 7.91. The molecule has 37 heavy (non-hydrogen) atoms. The smallest absolute Gasteiger partial charge is 0.341 e. The summed E-state index contributed by atoms with van der Waals surface area (Å²) < 4.78 is 54.2. The Labute approximate surface area is 214 Å². The lowest BCUT2D eigenvalue weighted by molar-refractivity contribution is 0.0691. The first kappa shape index (κ1) is 27.0. The van der Waals surface area contributed by atoms with E-state index in [1.165, 1.54) is 18.3 Å². The van der Waals surface area contributed by atoms with Gasteiger partial charge in [-0.1, -0.05) is 0 Å². The van der Waals surface area contributed by atoms with Gasteiger partial charge in [-0.05, 0) is 62.8 Å². The number of nitriles is 1. The van der Waals surface area contributed by atoms with Crippen molar-refractivity contribution in [2.75, 3.05) is 18.5 Å². The lowest BCUT2D eigenvalue weighted by Gasteiger charge is -2.41. The average Bonchev–Trinajstić information content (AvgIpc) is 3.35. The topological polar surface area (TPSA) is 149 Å². The van der Waals surface area contributed by atoms with Crippen LogP contribution in [0.4, 0.5) is 20.3 Å². The molecule has 0 unspecified atom stereocenters. The van der Waals surface area contributed by atoms with Gasteiger partial charge in [0.05, 0.1) is 22.9 Å². The molecule has 0 bridgehead atoms. The second-order valence-corrected chi connectivity index (χ2v) is 11.4. The van der Waals surface area contributed by atoms with Gasteiger partial charge in [-0.25, -0.2) is 8.42 Å². The molecule has 1 amide bonds. The number of alkyl halides is 2. The first-order valence-electron chi connectivity index (χ1n) is 12.2. The van der Waals surface area contributed by atoms with Crippen LogP contribution in [0.2, 0.25) is 0 Å². The van der Waals surface area contributed by atoms with Gasteiger partial charge in [0.25, 0.3) is 5.91 Å². The number of aromatic nitrogens is 2. The first-order valence-corrected chi connectivity index (χ1v) is 13.7. The molecule has 1 aliphatic carbocycles. The molecule has 200 valence electrons. The van der Waals surface area contributed by atoms with Gasteiger partial charge >= 0.3 is 5.76 Å². The zero-order valence-corrected chi connectivity index (χ0v) is 21.0. The van der Waals surface area contributed by atoms with E-state index in [1.54, 1.807) is 0 Å². The van der Waals surface area contributed by atoms with Gasteiger partial charge in [-0.3, -0.25) is 9.89 Å². The Hall–Kier alpha value is -3.08. The molecule has 13 heteroatoms. The molecule has 4 rings (SSSR count). The Balaban J connectivity index is 1.39. The highest BCUT2D eigenvalue weighted by Gasteiger charge is 2.38. The van der Waals surface area contributed by atoms with E-state index < -0.39 is 31.9 Å². The van der Waals surface area contributed by atoms with E-state index in [9.17, 15) is 27.3 Å². The maximum atomic E-state index is 13.2. The summed E-state index contributed by atoms with van der Waals surface area (Å²) in [5.74, 6) is -3.73. The third-order valence-corrected chi connectivity index (χ3v) is 8.40. The number of benzene rings is 1. The number of nitrogens with one attached hydrogen (secondary N) is 4. The maximum absolute atomic E-state index is 13.2. The first-order chi connectivity index (χ1) is 17.7. The molecule has 4 N–H and O–H groups in total. The Morgan fingerprint density at radius 3 is 2.43 bits per heavy atom. The number of ether oxygens (including phenoxy) is 1. The molecular weight excluding hydrogens is 506 g/mol. The van der Waals surface area contributed by atoms with Gasteiger partial charge in [-0.15, -0.1) is 0 Å². The largest absolute Gasteiger partial charge is 0.381 e. The molecule has 1 aromatic carbocycles. The van der Waals surface area contributed by atoms with Gasteiger partial charge in [0, 0.05) is 37.2 Å². The van der Waals surface area contributed by atoms with E-state index in [-0.39, 0.29) is 17.8 Å². The summed E-state index contributed by atoms with van der Waals surface area (Å²) in [6, 6.07) is 7.72. The van der Waals surface area contributed by atoms with E-state index in [0.29, 0.717) is 30.6 Å². The van der Waals surface area contributed by atoms with Crippen LogP contribution in [0.1, 0.15) is 55.3 Å². The maximum Gasteiger partial charge on any atom is 0.341 e. The number of nitrogens with zero attached hydrogens (tertiary/aromatic N) is 2. The predicted octanol–water partition coefficient (Wildman–Crippen LogP) is 3.24. The van der Waals surface area contributed by atoms with E-state index in [1.807, 2.05) is 0 Å². The van der Waals surface area contributed by atoms with Gasteiger partial charge in [0.15, 0.2) is 5.82 Å². The number of sulfone groups is 1. The molecule has 2 fully saturated rings. The third-order valence-electron chi connectivity index (χ3n) is 7.00. The SMILES string of the molecule is N#CCC1(NC(=O)c2c[nH]nc2Nc2ccc(S(=O)(=O)C(F)F)cc2)CCC(NC2CCOCC2)CC1. The number of halogens is 2. The van der Waals surface area contributed by atoms with Gasteiger partial charge < -0.3 is 20.7 Å². The lowest BCUT2D eigenvalue weighted by atomic mass is 9.77. The normalized spacial score (nSPS) is 22.9. The molecule has 0 atom stereocenters. The standard InChI is InChI=1S/C24H30F2N6O4S/c25-23(26)37(34,35)19-3-1-16(2-4-19)30-21-20(15-28-32-21)22(33)31-24(11-12-27)9-5-17(6-10-24)29-18-7-13-36-14-8-18/h1-4,15,17-18,23,29H,5-11,13-14H2,(H,31,33)(H2,28,30,32). The molecule has 0 spiro atoms. The number of rotatable bonds is 9. The molecule has 2 aromatic rings. The van der Waals surface area contributed by atoms with Gasteiger partial charge in [0.1, 0.15) is 5.56 Å². The van der Waals surface area contributed by atoms with Crippen LogP contribution < -0.4 is 16.0 Å². The number of H-pyrrole nitrogens is 1. The summed E-state index contributed by atoms with van der Waals surface area (Å²) in [4.78, 5) is 12.7. The molecule has 1 saturated carbocycles. The number of carbonyl (C=O) groups is 1. The number of aromatic amines is 1. The molecule has 1 aliphatic heterocycles. The minimum Gasteiger partial charge on any atom is -0.381 e. The van der Waals surface area contributed by atoms with Crippen LogP contribution in [-0.4, -0.2) is 61.1 Å². The van der Waals surface area contributed by atoms with E-state index >= 15 is 0 Å². The van der Waals surface area contributed by atoms with Crippen molar-refractivity contribution in [2.24, 2.45) is 0 Å². The van der Waals surface area contributed by atoms with Crippen LogP contribution in [0.15, 0.2) is 35.4 Å². The van der Waals surface area contributed by atoms with Crippen molar-refractivity contribution in [3.05, 3.63) is 36.0 Å². The molecule has 1 aromatic heterocycles. The highest BCUT2D eigenvalue weighted by Crippen LogP contribution is 2.33. The number of carbonyl (C=O) groups excluding carboxylic acids is 1.